The molecule has 2 rings (SSSR count). The molecule has 92 valence electrons. The molecule has 2 aliphatic carbocycles. The summed E-state index contributed by atoms with van der Waals surface area (Å²) in [7, 11) is 2.11. The topological polar surface area (TPSA) is 12.0 Å². The number of rotatable bonds is 4. The summed E-state index contributed by atoms with van der Waals surface area (Å²) in [6.45, 7) is 1.20. The summed E-state index contributed by atoms with van der Waals surface area (Å²) in [4.78, 5) is 0. The van der Waals surface area contributed by atoms with Gasteiger partial charge in [-0.3, -0.25) is 0 Å². The lowest BCUT2D eigenvalue weighted by Crippen LogP contribution is -2.29. The molecule has 1 saturated carbocycles. The number of nitrogens with one attached hydrogen (secondary N) is 1. The van der Waals surface area contributed by atoms with E-state index in [2.05, 4.69) is 18.4 Å². The van der Waals surface area contributed by atoms with Crippen LogP contribution in [0.2, 0.25) is 0 Å². The summed E-state index contributed by atoms with van der Waals surface area (Å²) in [5.74, 6) is 1.83. The third-order valence-corrected chi connectivity index (χ3v) is 4.45. The van der Waals surface area contributed by atoms with E-state index < -0.39 is 0 Å². The quantitative estimate of drug-likeness (QED) is 0.710. The van der Waals surface area contributed by atoms with Gasteiger partial charge in [-0.25, -0.2) is 0 Å². The highest BCUT2D eigenvalue weighted by Gasteiger charge is 2.26. The first-order valence-corrected chi connectivity index (χ1v) is 7.25. The van der Waals surface area contributed by atoms with E-state index in [1.165, 1.54) is 64.3 Å². The first kappa shape index (κ1) is 12.2. The van der Waals surface area contributed by atoms with Crippen molar-refractivity contribution in [3.63, 3.8) is 0 Å². The zero-order valence-electron chi connectivity index (χ0n) is 10.8. The largest absolute Gasteiger partial charge is 0.319 e. The van der Waals surface area contributed by atoms with Gasteiger partial charge in [-0.05, 0) is 57.4 Å². The van der Waals surface area contributed by atoms with Crippen molar-refractivity contribution in [2.45, 2.75) is 57.8 Å². The maximum absolute atomic E-state index is 3.42. The minimum Gasteiger partial charge on any atom is -0.319 e. The molecule has 2 aliphatic rings. The highest BCUT2D eigenvalue weighted by atomic mass is 14.8. The summed E-state index contributed by atoms with van der Waals surface area (Å²) in [6.07, 6.45) is 15.5. The summed E-state index contributed by atoms with van der Waals surface area (Å²) < 4.78 is 0. The van der Waals surface area contributed by atoms with Crippen molar-refractivity contribution in [2.24, 2.45) is 11.8 Å². The molecule has 0 heterocycles. The Bertz CT molecular complexity index is 226. The highest BCUT2D eigenvalue weighted by molar-refractivity contribution is 5.11. The van der Waals surface area contributed by atoms with E-state index in [1.807, 2.05) is 0 Å². The predicted octanol–water partition coefficient (Wildman–Crippen LogP) is 3.90. The second-order valence-corrected chi connectivity index (χ2v) is 5.59. The van der Waals surface area contributed by atoms with Crippen molar-refractivity contribution >= 4 is 0 Å². The third kappa shape index (κ3) is 3.10. The fourth-order valence-electron chi connectivity index (χ4n) is 3.56. The first-order valence-electron chi connectivity index (χ1n) is 7.25. The van der Waals surface area contributed by atoms with Gasteiger partial charge in [0.25, 0.3) is 0 Å². The van der Waals surface area contributed by atoms with Crippen LogP contribution in [0.15, 0.2) is 11.6 Å². The van der Waals surface area contributed by atoms with Crippen molar-refractivity contribution in [1.29, 1.82) is 0 Å². The molecule has 1 nitrogen and oxygen atoms in total. The summed E-state index contributed by atoms with van der Waals surface area (Å²) in [5.41, 5.74) is 1.78. The number of hydrogen-bond acceptors (Lipinski definition) is 1. The third-order valence-electron chi connectivity index (χ3n) is 4.45. The minimum atomic E-state index is 0.852. The predicted molar refractivity (Wildman–Crippen MR) is 70.5 cm³/mol. The van der Waals surface area contributed by atoms with Crippen molar-refractivity contribution < 1.29 is 0 Å². The molecule has 1 N–H and O–H groups in total. The van der Waals surface area contributed by atoms with E-state index in [-0.39, 0.29) is 0 Å². The molecule has 1 unspecified atom stereocenters. The fraction of sp³-hybridized carbons (Fsp3) is 0.867. The van der Waals surface area contributed by atoms with Crippen LogP contribution in [0.5, 0.6) is 0 Å². The molecule has 0 bridgehead atoms. The molecule has 0 amide bonds. The van der Waals surface area contributed by atoms with Crippen molar-refractivity contribution in [3.8, 4) is 0 Å². The Hall–Kier alpha value is -0.300. The van der Waals surface area contributed by atoms with Gasteiger partial charge in [0.15, 0.2) is 0 Å². The van der Waals surface area contributed by atoms with Gasteiger partial charge in [-0.2, -0.15) is 0 Å². The van der Waals surface area contributed by atoms with Crippen LogP contribution < -0.4 is 5.32 Å². The molecule has 0 aliphatic heterocycles. The summed E-state index contributed by atoms with van der Waals surface area (Å²) in [6, 6.07) is 0. The molecule has 0 aromatic heterocycles. The SMILES string of the molecule is CNCC(C1=CCCCC1)C1CCCCC1. The molecule has 0 spiro atoms. The van der Waals surface area contributed by atoms with Crippen LogP contribution in [0.25, 0.3) is 0 Å². The Morgan fingerprint density at radius 3 is 2.62 bits per heavy atom. The van der Waals surface area contributed by atoms with Crippen LogP contribution in [0.3, 0.4) is 0 Å². The molecular formula is C15H27N. The van der Waals surface area contributed by atoms with Crippen LogP contribution in [-0.4, -0.2) is 13.6 Å². The minimum absolute atomic E-state index is 0.852. The van der Waals surface area contributed by atoms with Crippen LogP contribution >= 0.6 is 0 Å². The standard InChI is InChI=1S/C15H27N/c1-16-12-15(13-8-4-2-5-9-13)14-10-6-3-7-11-14/h8,14-16H,2-7,9-12H2,1H3. The van der Waals surface area contributed by atoms with E-state index in [4.69, 9.17) is 0 Å². The van der Waals surface area contributed by atoms with Gasteiger partial charge < -0.3 is 5.32 Å². The molecule has 0 radical (unpaired) electrons. The molecule has 16 heavy (non-hydrogen) atoms. The zero-order chi connectivity index (χ0) is 11.2. The number of hydrogen-bond donors (Lipinski definition) is 1. The molecule has 0 saturated heterocycles. The van der Waals surface area contributed by atoms with Crippen molar-refractivity contribution in [1.82, 2.24) is 5.32 Å². The zero-order valence-corrected chi connectivity index (χ0v) is 10.8. The average Bonchev–Trinajstić information content (AvgIpc) is 2.38. The lowest BCUT2D eigenvalue weighted by Gasteiger charge is -2.33. The molecule has 1 atom stereocenters. The Kier molecular flexibility index (Phi) is 4.90. The van der Waals surface area contributed by atoms with E-state index >= 15 is 0 Å². The van der Waals surface area contributed by atoms with E-state index in [1.54, 1.807) is 5.57 Å². The highest BCUT2D eigenvalue weighted by Crippen LogP contribution is 2.36. The van der Waals surface area contributed by atoms with Gasteiger partial charge in [0.05, 0.1) is 0 Å². The van der Waals surface area contributed by atoms with E-state index in [0.717, 1.165) is 11.8 Å². The Morgan fingerprint density at radius 1 is 1.19 bits per heavy atom. The van der Waals surface area contributed by atoms with Crippen molar-refractivity contribution in [3.05, 3.63) is 11.6 Å². The van der Waals surface area contributed by atoms with Gasteiger partial charge in [0, 0.05) is 6.54 Å². The van der Waals surface area contributed by atoms with Crippen LogP contribution in [0.4, 0.5) is 0 Å². The number of allylic oxidation sites excluding steroid dienone is 1. The first-order chi connectivity index (χ1) is 7.92. The molecule has 1 fully saturated rings. The molecule has 1 heteroatoms. The van der Waals surface area contributed by atoms with Crippen molar-refractivity contribution in [2.75, 3.05) is 13.6 Å². The maximum atomic E-state index is 3.42. The molecular weight excluding hydrogens is 194 g/mol. The van der Waals surface area contributed by atoms with E-state index in [0.29, 0.717) is 0 Å². The second kappa shape index (κ2) is 6.44. The van der Waals surface area contributed by atoms with E-state index in [9.17, 15) is 0 Å². The second-order valence-electron chi connectivity index (χ2n) is 5.59. The normalized spacial score (nSPS) is 25.2. The van der Waals surface area contributed by atoms with Gasteiger partial charge in [0.2, 0.25) is 0 Å². The maximum Gasteiger partial charge on any atom is 0.00165 e. The monoisotopic (exact) mass is 221 g/mol. The lowest BCUT2D eigenvalue weighted by molar-refractivity contribution is 0.266. The Balaban J connectivity index is 1.99. The molecule has 0 aromatic rings. The van der Waals surface area contributed by atoms with Crippen LogP contribution in [0, 0.1) is 11.8 Å². The summed E-state index contributed by atoms with van der Waals surface area (Å²) >= 11 is 0. The van der Waals surface area contributed by atoms with Crippen LogP contribution in [0.1, 0.15) is 57.8 Å². The Labute approximate surface area is 101 Å². The average molecular weight is 221 g/mol. The fourth-order valence-corrected chi connectivity index (χ4v) is 3.56. The van der Waals surface area contributed by atoms with Gasteiger partial charge in [0.1, 0.15) is 0 Å². The lowest BCUT2D eigenvalue weighted by atomic mass is 9.74. The van der Waals surface area contributed by atoms with Gasteiger partial charge >= 0.3 is 0 Å². The van der Waals surface area contributed by atoms with Gasteiger partial charge in [-0.15, -0.1) is 0 Å². The Morgan fingerprint density at radius 2 is 2.00 bits per heavy atom. The van der Waals surface area contributed by atoms with Crippen LogP contribution in [-0.2, 0) is 0 Å². The summed E-state index contributed by atoms with van der Waals surface area (Å²) in [5, 5.41) is 3.42. The smallest absolute Gasteiger partial charge is 0.00165 e. The van der Waals surface area contributed by atoms with Gasteiger partial charge in [-0.1, -0.05) is 30.9 Å². The molecule has 0 aromatic carbocycles.